The Morgan fingerprint density at radius 1 is 1.11 bits per heavy atom. The monoisotopic (exact) mass is 376 g/mol. The summed E-state index contributed by atoms with van der Waals surface area (Å²) < 4.78 is 0. The first kappa shape index (κ1) is 19.2. The Hall–Kier alpha value is -2.13. The lowest BCUT2D eigenvalue weighted by molar-refractivity contribution is -0.129. The molecule has 2 aliphatic rings. The van der Waals surface area contributed by atoms with E-state index >= 15 is 0 Å². The fourth-order valence-corrected chi connectivity index (χ4v) is 4.76. The molecule has 1 unspecified atom stereocenters. The number of rotatable bonds is 4. The van der Waals surface area contributed by atoms with Crippen LogP contribution in [-0.4, -0.2) is 41.4 Å². The van der Waals surface area contributed by atoms with Crippen LogP contribution in [0.1, 0.15) is 48.9 Å². The molecule has 0 spiro atoms. The van der Waals surface area contributed by atoms with Gasteiger partial charge in [0.15, 0.2) is 0 Å². The van der Waals surface area contributed by atoms with E-state index in [4.69, 9.17) is 0 Å². The van der Waals surface area contributed by atoms with Crippen LogP contribution in [0.4, 0.5) is 0 Å². The number of hydrogen-bond donors (Lipinski definition) is 0. The van der Waals surface area contributed by atoms with Gasteiger partial charge in [0, 0.05) is 32.6 Å². The lowest BCUT2D eigenvalue weighted by atomic mass is 9.90. The Labute approximate surface area is 169 Å². The molecule has 3 nitrogen and oxygen atoms in total. The molecule has 2 aromatic rings. The summed E-state index contributed by atoms with van der Waals surface area (Å²) in [6.45, 7) is 10.2. The maximum atomic E-state index is 11.7. The Balaban J connectivity index is 1.48. The second-order valence-corrected chi connectivity index (χ2v) is 8.60. The van der Waals surface area contributed by atoms with E-state index in [2.05, 4.69) is 55.1 Å². The van der Waals surface area contributed by atoms with Crippen LogP contribution < -0.4 is 0 Å². The van der Waals surface area contributed by atoms with E-state index in [1.54, 1.807) is 6.92 Å². The number of aryl methyl sites for hydroxylation is 1. The first-order valence-corrected chi connectivity index (χ1v) is 10.7. The molecule has 1 saturated heterocycles. The normalized spacial score (nSPS) is 19.7. The third kappa shape index (κ3) is 4.00. The van der Waals surface area contributed by atoms with Crippen molar-refractivity contribution in [1.29, 1.82) is 0 Å². The standard InChI is InChI=1S/C25H32N2O/c1-18-15-24-17-27(20(3)28)14-11-23(24)16-25(18)22-8-6-21(7-9-22)10-13-26-12-4-5-19(26)2/h6-9,15-16,19H,4-5,10-14,17H2,1-3H3. The SMILES string of the molecule is CC(=O)N1CCc2cc(-c3ccc(CCN4CCCC4C)cc3)c(C)cc2C1. The molecular weight excluding hydrogens is 344 g/mol. The predicted octanol–water partition coefficient (Wildman–Crippen LogP) is 4.59. The highest BCUT2D eigenvalue weighted by atomic mass is 16.2. The summed E-state index contributed by atoms with van der Waals surface area (Å²) >= 11 is 0. The van der Waals surface area contributed by atoms with Crippen LogP contribution in [0, 0.1) is 6.92 Å². The molecule has 28 heavy (non-hydrogen) atoms. The molecule has 1 atom stereocenters. The number of fused-ring (bicyclic) bond motifs is 1. The zero-order chi connectivity index (χ0) is 19.7. The van der Waals surface area contributed by atoms with Crippen LogP contribution in [0.2, 0.25) is 0 Å². The molecule has 0 saturated carbocycles. The van der Waals surface area contributed by atoms with E-state index in [0.717, 1.165) is 32.0 Å². The molecule has 2 heterocycles. The number of carbonyl (C=O) groups excluding carboxylic acids is 1. The summed E-state index contributed by atoms with van der Waals surface area (Å²) in [5.74, 6) is 0.172. The van der Waals surface area contributed by atoms with E-state index in [9.17, 15) is 4.79 Å². The van der Waals surface area contributed by atoms with Crippen molar-refractivity contribution in [2.75, 3.05) is 19.6 Å². The Bertz CT molecular complexity index is 856. The Morgan fingerprint density at radius 2 is 1.89 bits per heavy atom. The van der Waals surface area contributed by atoms with E-state index in [1.165, 1.54) is 59.3 Å². The lowest BCUT2D eigenvalue weighted by Gasteiger charge is -2.29. The highest BCUT2D eigenvalue weighted by Crippen LogP contribution is 2.30. The summed E-state index contributed by atoms with van der Waals surface area (Å²) in [6, 6.07) is 14.5. The molecule has 0 aromatic heterocycles. The third-order valence-corrected chi connectivity index (χ3v) is 6.65. The number of benzene rings is 2. The van der Waals surface area contributed by atoms with Gasteiger partial charge in [0.1, 0.15) is 0 Å². The molecular formula is C25H32N2O. The van der Waals surface area contributed by atoms with Crippen LogP contribution >= 0.6 is 0 Å². The van der Waals surface area contributed by atoms with Gasteiger partial charge in [-0.2, -0.15) is 0 Å². The van der Waals surface area contributed by atoms with E-state index < -0.39 is 0 Å². The zero-order valence-electron chi connectivity index (χ0n) is 17.5. The summed E-state index contributed by atoms with van der Waals surface area (Å²) in [7, 11) is 0. The van der Waals surface area contributed by atoms with Gasteiger partial charge in [-0.1, -0.05) is 36.4 Å². The summed E-state index contributed by atoms with van der Waals surface area (Å²) in [5.41, 5.74) is 8.05. The van der Waals surface area contributed by atoms with Gasteiger partial charge in [0.25, 0.3) is 0 Å². The number of nitrogens with zero attached hydrogens (tertiary/aromatic N) is 2. The minimum atomic E-state index is 0.172. The van der Waals surface area contributed by atoms with Crippen LogP contribution in [0.3, 0.4) is 0 Å². The Kier molecular flexibility index (Phi) is 5.54. The van der Waals surface area contributed by atoms with Crippen molar-refractivity contribution >= 4 is 5.91 Å². The number of carbonyl (C=O) groups is 1. The minimum absolute atomic E-state index is 0.172. The molecule has 0 radical (unpaired) electrons. The first-order valence-electron chi connectivity index (χ1n) is 10.7. The van der Waals surface area contributed by atoms with Crippen molar-refractivity contribution in [3.05, 3.63) is 58.7 Å². The largest absolute Gasteiger partial charge is 0.338 e. The average Bonchev–Trinajstić information content (AvgIpc) is 3.10. The molecule has 1 amide bonds. The van der Waals surface area contributed by atoms with Gasteiger partial charge in [-0.3, -0.25) is 4.79 Å². The molecule has 148 valence electrons. The van der Waals surface area contributed by atoms with Gasteiger partial charge in [-0.25, -0.2) is 0 Å². The summed E-state index contributed by atoms with van der Waals surface area (Å²) in [6.07, 6.45) is 4.78. The molecule has 0 aliphatic carbocycles. The topological polar surface area (TPSA) is 23.6 Å². The fourth-order valence-electron chi connectivity index (χ4n) is 4.76. The second kappa shape index (κ2) is 8.08. The van der Waals surface area contributed by atoms with Gasteiger partial charge in [0.05, 0.1) is 0 Å². The molecule has 3 heteroatoms. The molecule has 0 bridgehead atoms. The van der Waals surface area contributed by atoms with Crippen molar-refractivity contribution in [1.82, 2.24) is 9.80 Å². The molecule has 2 aliphatic heterocycles. The van der Waals surface area contributed by atoms with Gasteiger partial charge in [0.2, 0.25) is 5.91 Å². The number of hydrogen-bond acceptors (Lipinski definition) is 2. The number of amides is 1. The molecule has 0 N–H and O–H groups in total. The molecule has 4 rings (SSSR count). The van der Waals surface area contributed by atoms with Crippen LogP contribution in [0.5, 0.6) is 0 Å². The highest BCUT2D eigenvalue weighted by molar-refractivity contribution is 5.74. The number of likely N-dealkylation sites (tertiary alicyclic amines) is 1. The predicted molar refractivity (Wildman–Crippen MR) is 115 cm³/mol. The fraction of sp³-hybridized carbons (Fsp3) is 0.480. The maximum Gasteiger partial charge on any atom is 0.219 e. The van der Waals surface area contributed by atoms with Crippen LogP contribution in [-0.2, 0) is 24.2 Å². The lowest BCUT2D eigenvalue weighted by Crippen LogP contribution is -2.34. The maximum absolute atomic E-state index is 11.7. The van der Waals surface area contributed by atoms with E-state index in [-0.39, 0.29) is 5.91 Å². The first-order chi connectivity index (χ1) is 13.5. The van der Waals surface area contributed by atoms with E-state index in [1.807, 2.05) is 4.90 Å². The van der Waals surface area contributed by atoms with Crippen molar-refractivity contribution in [2.24, 2.45) is 0 Å². The quantitative estimate of drug-likeness (QED) is 0.779. The zero-order valence-corrected chi connectivity index (χ0v) is 17.5. The van der Waals surface area contributed by atoms with E-state index in [0.29, 0.717) is 0 Å². The van der Waals surface area contributed by atoms with Gasteiger partial charge in [-0.15, -0.1) is 0 Å². The van der Waals surface area contributed by atoms with Gasteiger partial charge in [-0.05, 0) is 79.5 Å². The van der Waals surface area contributed by atoms with Gasteiger partial charge < -0.3 is 9.80 Å². The Morgan fingerprint density at radius 3 is 2.57 bits per heavy atom. The second-order valence-electron chi connectivity index (χ2n) is 8.60. The van der Waals surface area contributed by atoms with Crippen molar-refractivity contribution in [3.8, 4) is 11.1 Å². The average molecular weight is 377 g/mol. The smallest absolute Gasteiger partial charge is 0.219 e. The minimum Gasteiger partial charge on any atom is -0.338 e. The van der Waals surface area contributed by atoms with Crippen LogP contribution in [0.25, 0.3) is 11.1 Å². The van der Waals surface area contributed by atoms with Crippen molar-refractivity contribution in [3.63, 3.8) is 0 Å². The summed E-state index contributed by atoms with van der Waals surface area (Å²) in [4.78, 5) is 16.3. The highest BCUT2D eigenvalue weighted by Gasteiger charge is 2.20. The molecule has 2 aromatic carbocycles. The van der Waals surface area contributed by atoms with Gasteiger partial charge >= 0.3 is 0 Å². The van der Waals surface area contributed by atoms with Crippen molar-refractivity contribution < 1.29 is 4.79 Å². The summed E-state index contributed by atoms with van der Waals surface area (Å²) in [5, 5.41) is 0. The molecule has 1 fully saturated rings. The third-order valence-electron chi connectivity index (χ3n) is 6.65. The van der Waals surface area contributed by atoms with Crippen LogP contribution in [0.15, 0.2) is 36.4 Å². The van der Waals surface area contributed by atoms with Crippen molar-refractivity contribution in [2.45, 2.75) is 59.0 Å².